The number of nitrogens with one attached hydrogen (secondary N) is 1. The molecule has 0 unspecified atom stereocenters. The van der Waals surface area contributed by atoms with Gasteiger partial charge in [-0.25, -0.2) is 0 Å². The van der Waals surface area contributed by atoms with Crippen molar-refractivity contribution >= 4 is 17.5 Å². The van der Waals surface area contributed by atoms with E-state index >= 15 is 0 Å². The molecule has 0 radical (unpaired) electrons. The highest BCUT2D eigenvalue weighted by atomic mass is 16.2. The summed E-state index contributed by atoms with van der Waals surface area (Å²) in [7, 11) is 0. The normalized spacial score (nSPS) is 20.3. The van der Waals surface area contributed by atoms with E-state index in [1.165, 1.54) is 19.8 Å². The molecule has 1 N–H and O–H groups in total. The minimum absolute atomic E-state index is 0.0725. The number of carbonyl (C=O) groups excluding carboxylic acids is 2. The Morgan fingerprint density at radius 1 is 0.957 bits per heavy atom. The lowest BCUT2D eigenvalue weighted by Crippen LogP contribution is -2.51. The van der Waals surface area contributed by atoms with Gasteiger partial charge in [0.2, 0.25) is 11.8 Å². The highest BCUT2D eigenvalue weighted by Crippen LogP contribution is 2.45. The maximum Gasteiger partial charge on any atom is 0.233 e. The molecule has 3 rings (SSSR count). The fraction of sp³-hybridized carbons (Fsp3) is 0.579. The lowest BCUT2D eigenvalue weighted by Gasteiger charge is -2.44. The molecule has 1 aliphatic carbocycles. The molecular weight excluding hydrogens is 288 g/mol. The Morgan fingerprint density at radius 3 is 2.04 bits per heavy atom. The molecule has 0 bridgehead atoms. The van der Waals surface area contributed by atoms with Crippen molar-refractivity contribution in [2.24, 2.45) is 0 Å². The summed E-state index contributed by atoms with van der Waals surface area (Å²) in [6, 6.07) is 7.85. The van der Waals surface area contributed by atoms with Gasteiger partial charge in [-0.1, -0.05) is 31.4 Å². The molecule has 2 aliphatic rings. The van der Waals surface area contributed by atoms with E-state index < -0.39 is 0 Å². The van der Waals surface area contributed by atoms with Gasteiger partial charge < -0.3 is 10.2 Å². The summed E-state index contributed by atoms with van der Waals surface area (Å²) in [5.74, 6) is 0.245. The van der Waals surface area contributed by atoms with Crippen LogP contribution in [-0.4, -0.2) is 29.8 Å². The van der Waals surface area contributed by atoms with Gasteiger partial charge >= 0.3 is 0 Å². The monoisotopic (exact) mass is 314 g/mol. The predicted molar refractivity (Wildman–Crippen MR) is 91.3 cm³/mol. The van der Waals surface area contributed by atoms with Crippen LogP contribution in [0, 0.1) is 0 Å². The van der Waals surface area contributed by atoms with Gasteiger partial charge in [-0.2, -0.15) is 0 Å². The number of likely N-dealkylation sites (tertiary alicyclic amines) is 1. The highest BCUT2D eigenvalue weighted by molar-refractivity contribution is 5.90. The molecule has 0 aromatic heterocycles. The van der Waals surface area contributed by atoms with E-state index in [1.54, 1.807) is 0 Å². The summed E-state index contributed by atoms with van der Waals surface area (Å²) in [5.41, 5.74) is 1.57. The van der Waals surface area contributed by atoms with E-state index in [9.17, 15) is 9.59 Å². The van der Waals surface area contributed by atoms with Gasteiger partial charge in [0.25, 0.3) is 0 Å². The molecule has 1 aromatic carbocycles. The molecule has 124 valence electrons. The molecule has 4 nitrogen and oxygen atoms in total. The fourth-order valence-electron chi connectivity index (χ4n) is 3.81. The third kappa shape index (κ3) is 3.26. The molecule has 1 aliphatic heterocycles. The molecule has 0 spiro atoms. The molecule has 4 heteroatoms. The second kappa shape index (κ2) is 6.73. The Hall–Kier alpha value is -1.84. The Labute approximate surface area is 138 Å². The van der Waals surface area contributed by atoms with Crippen LogP contribution in [0.4, 0.5) is 5.69 Å². The van der Waals surface area contributed by atoms with Crippen LogP contribution in [0.1, 0.15) is 57.4 Å². The molecule has 1 aromatic rings. The molecule has 0 atom stereocenters. The maximum atomic E-state index is 13.2. The van der Waals surface area contributed by atoms with Crippen molar-refractivity contribution < 1.29 is 9.59 Å². The third-order valence-electron chi connectivity index (χ3n) is 5.27. The predicted octanol–water partition coefficient (Wildman–Crippen LogP) is 3.47. The smallest absolute Gasteiger partial charge is 0.233 e. The Morgan fingerprint density at radius 2 is 1.57 bits per heavy atom. The minimum Gasteiger partial charge on any atom is -0.342 e. The van der Waals surface area contributed by atoms with Gasteiger partial charge in [0, 0.05) is 25.7 Å². The first-order valence-corrected chi connectivity index (χ1v) is 8.79. The van der Waals surface area contributed by atoms with Crippen LogP contribution in [0.25, 0.3) is 0 Å². The van der Waals surface area contributed by atoms with Crippen LogP contribution in [0.2, 0.25) is 0 Å². The number of rotatable bonds is 3. The Balaban J connectivity index is 1.79. The van der Waals surface area contributed by atoms with E-state index in [1.807, 2.05) is 24.3 Å². The first-order chi connectivity index (χ1) is 11.1. The van der Waals surface area contributed by atoms with Gasteiger partial charge in [-0.05, 0) is 43.4 Å². The lowest BCUT2D eigenvalue weighted by molar-refractivity contribution is -0.140. The van der Waals surface area contributed by atoms with Crippen LogP contribution in [0.3, 0.4) is 0 Å². The second-order valence-corrected chi connectivity index (χ2v) is 6.90. The molecular formula is C19H26N2O2. The number of amides is 2. The van der Waals surface area contributed by atoms with Gasteiger partial charge in [0.15, 0.2) is 0 Å². The van der Waals surface area contributed by atoms with Crippen molar-refractivity contribution in [1.82, 2.24) is 4.90 Å². The van der Waals surface area contributed by atoms with E-state index in [2.05, 4.69) is 10.2 Å². The van der Waals surface area contributed by atoms with Crippen LogP contribution >= 0.6 is 0 Å². The summed E-state index contributed by atoms with van der Waals surface area (Å²) in [6.45, 7) is 3.32. The number of hydrogen-bond donors (Lipinski definition) is 1. The molecule has 2 amide bonds. The average Bonchev–Trinajstić information content (AvgIpc) is 2.76. The molecule has 1 saturated carbocycles. The van der Waals surface area contributed by atoms with Crippen molar-refractivity contribution in [2.45, 2.75) is 57.3 Å². The first-order valence-electron chi connectivity index (χ1n) is 8.79. The Kier molecular flexibility index (Phi) is 4.69. The maximum absolute atomic E-state index is 13.2. The number of hydrogen-bond acceptors (Lipinski definition) is 2. The minimum atomic E-state index is -0.320. The second-order valence-electron chi connectivity index (χ2n) is 6.90. The largest absolute Gasteiger partial charge is 0.342 e. The molecule has 2 fully saturated rings. The number of carbonyl (C=O) groups is 2. The summed E-state index contributed by atoms with van der Waals surface area (Å²) in [5, 5.41) is 2.79. The fourth-order valence-corrected chi connectivity index (χ4v) is 3.81. The zero-order valence-corrected chi connectivity index (χ0v) is 13.9. The van der Waals surface area contributed by atoms with Crippen LogP contribution in [0.15, 0.2) is 24.3 Å². The summed E-state index contributed by atoms with van der Waals surface area (Å²) >= 11 is 0. The highest BCUT2D eigenvalue weighted by Gasteiger charge is 2.47. The van der Waals surface area contributed by atoms with Gasteiger partial charge in [-0.15, -0.1) is 0 Å². The zero-order chi connectivity index (χ0) is 16.3. The quantitative estimate of drug-likeness (QED) is 0.928. The molecule has 23 heavy (non-hydrogen) atoms. The van der Waals surface area contributed by atoms with Crippen molar-refractivity contribution in [2.75, 3.05) is 18.4 Å². The molecule has 1 saturated heterocycles. The van der Waals surface area contributed by atoms with Gasteiger partial charge in [-0.3, -0.25) is 9.59 Å². The summed E-state index contributed by atoms with van der Waals surface area (Å²) in [6.07, 6.45) is 7.74. The SMILES string of the molecule is CC(=O)Nc1ccc(C2(C(=O)N3CCCCCC3)CCC2)cc1. The third-order valence-corrected chi connectivity index (χ3v) is 5.27. The molecule has 1 heterocycles. The topological polar surface area (TPSA) is 49.4 Å². The Bertz CT molecular complexity index is 568. The number of nitrogens with zero attached hydrogens (tertiary/aromatic N) is 1. The van der Waals surface area contributed by atoms with E-state index in [0.29, 0.717) is 5.91 Å². The summed E-state index contributed by atoms with van der Waals surface area (Å²) < 4.78 is 0. The van der Waals surface area contributed by atoms with E-state index in [-0.39, 0.29) is 11.3 Å². The first kappa shape index (κ1) is 16.0. The van der Waals surface area contributed by atoms with Crippen LogP contribution in [-0.2, 0) is 15.0 Å². The van der Waals surface area contributed by atoms with E-state index in [4.69, 9.17) is 0 Å². The van der Waals surface area contributed by atoms with Crippen LogP contribution < -0.4 is 5.32 Å². The van der Waals surface area contributed by atoms with Crippen molar-refractivity contribution in [1.29, 1.82) is 0 Å². The van der Waals surface area contributed by atoms with Crippen LogP contribution in [0.5, 0.6) is 0 Å². The van der Waals surface area contributed by atoms with Crippen molar-refractivity contribution in [3.8, 4) is 0 Å². The van der Waals surface area contributed by atoms with Crippen molar-refractivity contribution in [3.63, 3.8) is 0 Å². The summed E-state index contributed by atoms with van der Waals surface area (Å²) in [4.78, 5) is 26.4. The standard InChI is InChI=1S/C19H26N2O2/c1-15(22)20-17-9-7-16(8-10-17)19(11-6-12-19)18(23)21-13-4-2-3-5-14-21/h7-10H,2-6,11-14H2,1H3,(H,20,22). The lowest BCUT2D eigenvalue weighted by atomic mass is 9.63. The van der Waals surface area contributed by atoms with E-state index in [0.717, 1.165) is 56.4 Å². The van der Waals surface area contributed by atoms with Gasteiger partial charge in [0.1, 0.15) is 0 Å². The van der Waals surface area contributed by atoms with Crippen molar-refractivity contribution in [3.05, 3.63) is 29.8 Å². The number of benzene rings is 1. The zero-order valence-electron chi connectivity index (χ0n) is 13.9. The number of anilines is 1. The van der Waals surface area contributed by atoms with Gasteiger partial charge in [0.05, 0.1) is 5.41 Å². The average molecular weight is 314 g/mol.